The highest BCUT2D eigenvalue weighted by Gasteiger charge is 2.11. The molecular formula is C18H13ClO. The quantitative estimate of drug-likeness (QED) is 0.668. The van der Waals surface area contributed by atoms with Crippen LogP contribution in [-0.2, 0) is 0 Å². The van der Waals surface area contributed by atoms with Gasteiger partial charge in [-0.1, -0.05) is 72.3 Å². The van der Waals surface area contributed by atoms with Crippen molar-refractivity contribution in [1.82, 2.24) is 0 Å². The van der Waals surface area contributed by atoms with Gasteiger partial charge in [0.2, 0.25) is 0 Å². The van der Waals surface area contributed by atoms with Crippen molar-refractivity contribution in [2.75, 3.05) is 0 Å². The van der Waals surface area contributed by atoms with Crippen molar-refractivity contribution in [2.45, 2.75) is 0 Å². The summed E-state index contributed by atoms with van der Waals surface area (Å²) in [5.41, 5.74) is 3.76. The Bertz CT molecular complexity index is 721. The molecule has 0 spiro atoms. The van der Waals surface area contributed by atoms with Crippen LogP contribution in [0.3, 0.4) is 0 Å². The molecule has 0 unspecified atom stereocenters. The van der Waals surface area contributed by atoms with Crippen molar-refractivity contribution >= 4 is 11.6 Å². The molecule has 0 heterocycles. The smallest absolute Gasteiger partial charge is 0.142 e. The van der Waals surface area contributed by atoms with Gasteiger partial charge in [-0.15, -0.1) is 0 Å². The second kappa shape index (κ2) is 5.40. The summed E-state index contributed by atoms with van der Waals surface area (Å²) in [6.45, 7) is 0. The van der Waals surface area contributed by atoms with Crippen molar-refractivity contribution in [3.8, 4) is 28.0 Å². The Hall–Kier alpha value is -2.25. The van der Waals surface area contributed by atoms with Crippen LogP contribution in [-0.4, -0.2) is 5.11 Å². The third kappa shape index (κ3) is 2.40. The zero-order valence-electron chi connectivity index (χ0n) is 10.8. The number of phenols is 1. The van der Waals surface area contributed by atoms with Gasteiger partial charge in [-0.3, -0.25) is 0 Å². The zero-order valence-corrected chi connectivity index (χ0v) is 11.5. The minimum atomic E-state index is 0.123. The van der Waals surface area contributed by atoms with Gasteiger partial charge in [0.1, 0.15) is 5.75 Å². The summed E-state index contributed by atoms with van der Waals surface area (Å²) in [6, 6.07) is 23.5. The fraction of sp³-hybridized carbons (Fsp3) is 0. The minimum absolute atomic E-state index is 0.123. The lowest BCUT2D eigenvalue weighted by Gasteiger charge is -2.10. The molecule has 0 radical (unpaired) electrons. The molecular weight excluding hydrogens is 268 g/mol. The van der Waals surface area contributed by atoms with E-state index in [1.807, 2.05) is 66.7 Å². The summed E-state index contributed by atoms with van der Waals surface area (Å²) in [6.07, 6.45) is 0. The normalized spacial score (nSPS) is 10.4. The molecule has 0 fully saturated rings. The summed E-state index contributed by atoms with van der Waals surface area (Å²) in [5.74, 6) is 0.123. The van der Waals surface area contributed by atoms with Crippen LogP contribution in [0.15, 0.2) is 72.8 Å². The molecule has 0 aromatic heterocycles. The van der Waals surface area contributed by atoms with Crippen LogP contribution in [0.4, 0.5) is 0 Å². The van der Waals surface area contributed by atoms with E-state index in [1.54, 1.807) is 6.07 Å². The number of phenolic OH excluding ortho intramolecular Hbond substituents is 1. The molecule has 3 rings (SSSR count). The molecule has 0 bridgehead atoms. The van der Waals surface area contributed by atoms with E-state index < -0.39 is 0 Å². The van der Waals surface area contributed by atoms with Crippen LogP contribution >= 0.6 is 11.6 Å². The fourth-order valence-corrected chi connectivity index (χ4v) is 2.45. The van der Waals surface area contributed by atoms with Gasteiger partial charge in [0.15, 0.2) is 0 Å². The SMILES string of the molecule is Oc1c(Cl)cc(-c2ccccc2)cc1-c1ccccc1. The van der Waals surface area contributed by atoms with Crippen molar-refractivity contribution in [3.63, 3.8) is 0 Å². The van der Waals surface area contributed by atoms with Crippen molar-refractivity contribution < 1.29 is 5.11 Å². The van der Waals surface area contributed by atoms with Gasteiger partial charge in [-0.2, -0.15) is 0 Å². The van der Waals surface area contributed by atoms with Gasteiger partial charge >= 0.3 is 0 Å². The van der Waals surface area contributed by atoms with E-state index in [-0.39, 0.29) is 5.75 Å². The average molecular weight is 281 g/mol. The maximum Gasteiger partial charge on any atom is 0.142 e. The van der Waals surface area contributed by atoms with Crippen molar-refractivity contribution in [1.29, 1.82) is 0 Å². The van der Waals surface area contributed by atoms with E-state index in [0.29, 0.717) is 5.02 Å². The summed E-state index contributed by atoms with van der Waals surface area (Å²) >= 11 is 6.17. The highest BCUT2D eigenvalue weighted by Crippen LogP contribution is 2.39. The third-order valence-electron chi connectivity index (χ3n) is 3.26. The first-order chi connectivity index (χ1) is 9.75. The first-order valence-corrected chi connectivity index (χ1v) is 6.77. The van der Waals surface area contributed by atoms with Gasteiger partial charge in [0, 0.05) is 5.56 Å². The lowest BCUT2D eigenvalue weighted by Crippen LogP contribution is -1.84. The van der Waals surface area contributed by atoms with Gasteiger partial charge < -0.3 is 5.11 Å². The Morgan fingerprint density at radius 2 is 1.20 bits per heavy atom. The van der Waals surface area contributed by atoms with E-state index in [2.05, 4.69) is 0 Å². The molecule has 3 aromatic carbocycles. The second-order valence-corrected chi connectivity index (χ2v) is 4.99. The summed E-state index contributed by atoms with van der Waals surface area (Å²) in [7, 11) is 0. The maximum atomic E-state index is 10.2. The molecule has 0 saturated carbocycles. The Kier molecular flexibility index (Phi) is 3.44. The van der Waals surface area contributed by atoms with E-state index in [4.69, 9.17) is 11.6 Å². The van der Waals surface area contributed by atoms with Crippen LogP contribution in [0, 0.1) is 0 Å². The molecule has 0 saturated heterocycles. The molecule has 1 nitrogen and oxygen atoms in total. The number of rotatable bonds is 2. The van der Waals surface area contributed by atoms with Crippen LogP contribution in [0.1, 0.15) is 0 Å². The largest absolute Gasteiger partial charge is 0.506 e. The standard InChI is InChI=1S/C18H13ClO/c19-17-12-15(13-7-3-1-4-8-13)11-16(18(17)20)14-9-5-2-6-10-14/h1-12,20H. The van der Waals surface area contributed by atoms with Crippen LogP contribution in [0.5, 0.6) is 5.75 Å². The minimum Gasteiger partial charge on any atom is -0.506 e. The maximum absolute atomic E-state index is 10.2. The lowest BCUT2D eigenvalue weighted by atomic mass is 9.98. The first-order valence-electron chi connectivity index (χ1n) is 6.39. The highest BCUT2D eigenvalue weighted by molar-refractivity contribution is 6.32. The molecule has 3 aromatic rings. The number of benzene rings is 3. The molecule has 1 N–H and O–H groups in total. The number of hydrogen-bond acceptors (Lipinski definition) is 1. The Morgan fingerprint density at radius 1 is 0.650 bits per heavy atom. The first kappa shape index (κ1) is 12.8. The van der Waals surface area contributed by atoms with Gasteiger partial charge in [-0.25, -0.2) is 0 Å². The van der Waals surface area contributed by atoms with Crippen LogP contribution in [0.2, 0.25) is 5.02 Å². The molecule has 2 heteroatoms. The van der Waals surface area contributed by atoms with E-state index in [1.165, 1.54) is 0 Å². The summed E-state index contributed by atoms with van der Waals surface area (Å²) in [5, 5.41) is 10.6. The molecule has 98 valence electrons. The van der Waals surface area contributed by atoms with Gasteiger partial charge in [-0.05, 0) is 28.8 Å². The zero-order chi connectivity index (χ0) is 13.9. The van der Waals surface area contributed by atoms with Gasteiger partial charge in [0.25, 0.3) is 0 Å². The predicted octanol–water partition coefficient (Wildman–Crippen LogP) is 5.38. The molecule has 0 aliphatic heterocycles. The second-order valence-electron chi connectivity index (χ2n) is 4.59. The van der Waals surface area contributed by atoms with Crippen molar-refractivity contribution in [3.05, 3.63) is 77.8 Å². The molecule has 20 heavy (non-hydrogen) atoms. The number of hydrogen-bond donors (Lipinski definition) is 1. The lowest BCUT2D eigenvalue weighted by molar-refractivity contribution is 0.477. The van der Waals surface area contributed by atoms with E-state index in [9.17, 15) is 5.11 Å². The number of aromatic hydroxyl groups is 1. The monoisotopic (exact) mass is 280 g/mol. The average Bonchev–Trinajstić information content (AvgIpc) is 2.51. The van der Waals surface area contributed by atoms with E-state index in [0.717, 1.165) is 22.3 Å². The Balaban J connectivity index is 2.19. The highest BCUT2D eigenvalue weighted by atomic mass is 35.5. The third-order valence-corrected chi connectivity index (χ3v) is 3.54. The van der Waals surface area contributed by atoms with Crippen LogP contribution in [0.25, 0.3) is 22.3 Å². The Morgan fingerprint density at radius 3 is 1.80 bits per heavy atom. The molecule has 0 aliphatic carbocycles. The predicted molar refractivity (Wildman–Crippen MR) is 84.0 cm³/mol. The molecule has 0 amide bonds. The summed E-state index contributed by atoms with van der Waals surface area (Å²) in [4.78, 5) is 0. The fourth-order valence-electron chi connectivity index (χ4n) is 2.23. The number of halogens is 1. The topological polar surface area (TPSA) is 20.2 Å². The summed E-state index contributed by atoms with van der Waals surface area (Å²) < 4.78 is 0. The van der Waals surface area contributed by atoms with Gasteiger partial charge in [0.05, 0.1) is 5.02 Å². The van der Waals surface area contributed by atoms with E-state index >= 15 is 0 Å². The van der Waals surface area contributed by atoms with Crippen LogP contribution < -0.4 is 0 Å². The van der Waals surface area contributed by atoms with Crippen molar-refractivity contribution in [2.24, 2.45) is 0 Å². The Labute approximate surface area is 123 Å². The molecule has 0 aliphatic rings. The molecule has 0 atom stereocenters.